The van der Waals surface area contributed by atoms with E-state index in [0.29, 0.717) is 11.8 Å². The van der Waals surface area contributed by atoms with Gasteiger partial charge in [-0.3, -0.25) is 0 Å². The van der Waals surface area contributed by atoms with E-state index in [0.717, 1.165) is 23.0 Å². The summed E-state index contributed by atoms with van der Waals surface area (Å²) < 4.78 is 1.14. The van der Waals surface area contributed by atoms with E-state index in [1.54, 1.807) is 12.1 Å². The van der Waals surface area contributed by atoms with Crippen molar-refractivity contribution in [3.8, 4) is 5.75 Å². The normalized spacial score (nSPS) is 12.2. The Balaban J connectivity index is 1.91. The molecular formula is C17H20BrNO. The summed E-state index contributed by atoms with van der Waals surface area (Å²) in [5.74, 6) is 0.323. The molecule has 0 bridgehead atoms. The molecule has 0 spiro atoms. The number of aryl methyl sites for hydroxylation is 2. The maximum Gasteiger partial charge on any atom is 0.115 e. The van der Waals surface area contributed by atoms with Gasteiger partial charge in [0.1, 0.15) is 5.75 Å². The minimum atomic E-state index is 0.323. The highest BCUT2D eigenvalue weighted by molar-refractivity contribution is 9.10. The van der Waals surface area contributed by atoms with Gasteiger partial charge in [0.2, 0.25) is 0 Å². The first-order valence-corrected chi connectivity index (χ1v) is 7.65. The Hall–Kier alpha value is -1.48. The molecule has 0 saturated heterocycles. The Labute approximate surface area is 129 Å². The fraction of sp³-hybridized carbons (Fsp3) is 0.294. The summed E-state index contributed by atoms with van der Waals surface area (Å²) >= 11 is 3.62. The van der Waals surface area contributed by atoms with Gasteiger partial charge in [-0.2, -0.15) is 0 Å². The number of nitrogens with one attached hydrogen (secondary N) is 1. The van der Waals surface area contributed by atoms with Gasteiger partial charge in [-0.1, -0.05) is 24.3 Å². The van der Waals surface area contributed by atoms with Gasteiger partial charge in [0.15, 0.2) is 0 Å². The van der Waals surface area contributed by atoms with Crippen molar-refractivity contribution in [3.63, 3.8) is 0 Å². The molecule has 2 rings (SSSR count). The number of aromatic hydroxyl groups is 1. The van der Waals surface area contributed by atoms with Crippen LogP contribution in [0.15, 0.2) is 46.9 Å². The summed E-state index contributed by atoms with van der Waals surface area (Å²) in [5, 5.41) is 12.8. The van der Waals surface area contributed by atoms with Crippen molar-refractivity contribution in [1.29, 1.82) is 0 Å². The lowest BCUT2D eigenvalue weighted by Gasteiger charge is -2.17. The van der Waals surface area contributed by atoms with E-state index in [9.17, 15) is 5.11 Å². The van der Waals surface area contributed by atoms with E-state index in [4.69, 9.17) is 0 Å². The molecule has 2 nitrogen and oxygen atoms in total. The van der Waals surface area contributed by atoms with E-state index in [1.165, 1.54) is 11.1 Å². The van der Waals surface area contributed by atoms with Gasteiger partial charge in [-0.15, -0.1) is 0 Å². The Bertz CT molecular complexity index is 566. The molecular weight excluding hydrogens is 314 g/mol. The van der Waals surface area contributed by atoms with Gasteiger partial charge in [0.05, 0.1) is 0 Å². The highest BCUT2D eigenvalue weighted by atomic mass is 79.9. The van der Waals surface area contributed by atoms with Crippen LogP contribution in [-0.4, -0.2) is 11.1 Å². The number of hydrogen-bond acceptors (Lipinski definition) is 2. The molecule has 0 saturated carbocycles. The Morgan fingerprint density at radius 2 is 1.85 bits per heavy atom. The van der Waals surface area contributed by atoms with Crippen molar-refractivity contribution >= 4 is 21.6 Å². The van der Waals surface area contributed by atoms with Gasteiger partial charge < -0.3 is 10.4 Å². The minimum Gasteiger partial charge on any atom is -0.508 e. The lowest BCUT2D eigenvalue weighted by molar-refractivity contribution is 0.475. The SMILES string of the molecule is Cc1cccc(NC(C)CCc2ccc(O)cc2)c1Br. The van der Waals surface area contributed by atoms with Crippen molar-refractivity contribution in [2.45, 2.75) is 32.7 Å². The number of rotatable bonds is 5. The highest BCUT2D eigenvalue weighted by Gasteiger charge is 2.07. The number of phenols is 1. The minimum absolute atomic E-state index is 0.323. The third-order valence-electron chi connectivity index (χ3n) is 3.40. The maximum absolute atomic E-state index is 9.27. The molecule has 0 aliphatic heterocycles. The standard InChI is InChI=1S/C17H20BrNO/c1-12-4-3-5-16(17(12)18)19-13(2)6-7-14-8-10-15(20)11-9-14/h3-5,8-11,13,19-20H,6-7H2,1-2H3. The molecule has 1 unspecified atom stereocenters. The molecule has 3 heteroatoms. The fourth-order valence-electron chi connectivity index (χ4n) is 2.14. The highest BCUT2D eigenvalue weighted by Crippen LogP contribution is 2.26. The van der Waals surface area contributed by atoms with Crippen LogP contribution in [0.3, 0.4) is 0 Å². The van der Waals surface area contributed by atoms with Crippen LogP contribution in [0.4, 0.5) is 5.69 Å². The van der Waals surface area contributed by atoms with Crippen molar-refractivity contribution in [2.75, 3.05) is 5.32 Å². The zero-order valence-electron chi connectivity index (χ0n) is 11.9. The van der Waals surface area contributed by atoms with E-state index in [-0.39, 0.29) is 0 Å². The maximum atomic E-state index is 9.27. The van der Waals surface area contributed by atoms with Crippen LogP contribution < -0.4 is 5.32 Å². The van der Waals surface area contributed by atoms with Crippen molar-refractivity contribution in [1.82, 2.24) is 0 Å². The van der Waals surface area contributed by atoms with Crippen LogP contribution in [0.1, 0.15) is 24.5 Å². The summed E-state index contributed by atoms with van der Waals surface area (Å²) in [6.07, 6.45) is 2.04. The van der Waals surface area contributed by atoms with E-state index < -0.39 is 0 Å². The third-order valence-corrected chi connectivity index (χ3v) is 4.45. The molecule has 2 aromatic carbocycles. The van der Waals surface area contributed by atoms with Crippen LogP contribution >= 0.6 is 15.9 Å². The first kappa shape index (κ1) is 14.9. The smallest absolute Gasteiger partial charge is 0.115 e. The molecule has 0 amide bonds. The van der Waals surface area contributed by atoms with Gasteiger partial charge in [-0.25, -0.2) is 0 Å². The van der Waals surface area contributed by atoms with Crippen molar-refractivity contribution < 1.29 is 5.11 Å². The third kappa shape index (κ3) is 4.01. The monoisotopic (exact) mass is 333 g/mol. The predicted octanol–water partition coefficient (Wildman–Crippen LogP) is 4.90. The molecule has 0 heterocycles. The largest absolute Gasteiger partial charge is 0.508 e. The number of benzene rings is 2. The first-order valence-electron chi connectivity index (χ1n) is 6.86. The van der Waals surface area contributed by atoms with Gasteiger partial charge >= 0.3 is 0 Å². The zero-order valence-corrected chi connectivity index (χ0v) is 13.4. The second-order valence-electron chi connectivity index (χ2n) is 5.19. The molecule has 2 aromatic rings. The lowest BCUT2D eigenvalue weighted by Crippen LogP contribution is -2.16. The first-order chi connectivity index (χ1) is 9.56. The number of halogens is 1. The molecule has 1 atom stereocenters. The lowest BCUT2D eigenvalue weighted by atomic mass is 10.1. The van der Waals surface area contributed by atoms with Crippen LogP contribution in [0.5, 0.6) is 5.75 Å². The van der Waals surface area contributed by atoms with Crippen molar-refractivity contribution in [2.24, 2.45) is 0 Å². The summed E-state index contributed by atoms with van der Waals surface area (Å²) in [7, 11) is 0. The number of hydrogen-bond donors (Lipinski definition) is 2. The topological polar surface area (TPSA) is 32.3 Å². The molecule has 0 aromatic heterocycles. The van der Waals surface area contributed by atoms with E-state index in [1.807, 2.05) is 12.1 Å². The summed E-state index contributed by atoms with van der Waals surface area (Å²) in [6, 6.07) is 14.1. The summed E-state index contributed by atoms with van der Waals surface area (Å²) in [6.45, 7) is 4.28. The Kier molecular flexibility index (Phi) is 5.07. The van der Waals surface area contributed by atoms with Gasteiger partial charge in [0, 0.05) is 16.2 Å². The average Bonchev–Trinajstić information content (AvgIpc) is 2.43. The second kappa shape index (κ2) is 6.80. The average molecular weight is 334 g/mol. The summed E-state index contributed by atoms with van der Waals surface area (Å²) in [5.41, 5.74) is 3.63. The molecule has 20 heavy (non-hydrogen) atoms. The molecule has 106 valence electrons. The molecule has 0 fully saturated rings. The number of phenolic OH excluding ortho intramolecular Hbond substituents is 1. The fourth-order valence-corrected chi connectivity index (χ4v) is 2.52. The molecule has 0 aliphatic rings. The Morgan fingerprint density at radius 1 is 1.15 bits per heavy atom. The quantitative estimate of drug-likeness (QED) is 0.815. The van der Waals surface area contributed by atoms with Crippen LogP contribution in [0, 0.1) is 6.92 Å². The van der Waals surface area contributed by atoms with Gasteiger partial charge in [0.25, 0.3) is 0 Å². The second-order valence-corrected chi connectivity index (χ2v) is 5.98. The molecule has 0 aliphatic carbocycles. The Morgan fingerprint density at radius 3 is 2.55 bits per heavy atom. The number of anilines is 1. The van der Waals surface area contributed by atoms with E-state index in [2.05, 4.69) is 53.3 Å². The van der Waals surface area contributed by atoms with E-state index >= 15 is 0 Å². The molecule has 0 radical (unpaired) electrons. The van der Waals surface area contributed by atoms with Crippen LogP contribution in [-0.2, 0) is 6.42 Å². The van der Waals surface area contributed by atoms with Gasteiger partial charge in [-0.05, 0) is 71.9 Å². The van der Waals surface area contributed by atoms with Crippen molar-refractivity contribution in [3.05, 3.63) is 58.1 Å². The molecule has 2 N–H and O–H groups in total. The summed E-state index contributed by atoms with van der Waals surface area (Å²) in [4.78, 5) is 0. The van der Waals surface area contributed by atoms with Crippen LogP contribution in [0.25, 0.3) is 0 Å². The van der Waals surface area contributed by atoms with Crippen LogP contribution in [0.2, 0.25) is 0 Å². The predicted molar refractivity (Wildman–Crippen MR) is 88.4 cm³/mol. The zero-order chi connectivity index (χ0) is 14.5.